The quantitative estimate of drug-likeness (QED) is 0.813. The van der Waals surface area contributed by atoms with E-state index in [2.05, 4.69) is 28.5 Å². The van der Waals surface area contributed by atoms with Crippen LogP contribution in [0.15, 0.2) is 41.8 Å². The summed E-state index contributed by atoms with van der Waals surface area (Å²) in [5, 5.41) is 11.1. The molecule has 27 heavy (non-hydrogen) atoms. The van der Waals surface area contributed by atoms with Gasteiger partial charge in [-0.1, -0.05) is 6.07 Å². The lowest BCUT2D eigenvalue weighted by Gasteiger charge is -2.43. The number of ether oxygens (including phenoxy) is 2. The maximum atomic E-state index is 12.5. The number of amides is 1. The van der Waals surface area contributed by atoms with Crippen molar-refractivity contribution in [3.63, 3.8) is 0 Å². The highest BCUT2D eigenvalue weighted by atomic mass is 32.1. The second-order valence-electron chi connectivity index (χ2n) is 6.95. The Morgan fingerprint density at radius 3 is 2.81 bits per heavy atom. The molecule has 1 aromatic heterocycles. The molecule has 1 spiro atoms. The predicted octanol–water partition coefficient (Wildman–Crippen LogP) is 2.25. The van der Waals surface area contributed by atoms with Gasteiger partial charge in [0, 0.05) is 30.2 Å². The molecule has 3 heterocycles. The summed E-state index contributed by atoms with van der Waals surface area (Å²) >= 11 is 1.75. The van der Waals surface area contributed by atoms with Crippen LogP contribution in [0.2, 0.25) is 0 Å². The van der Waals surface area contributed by atoms with E-state index in [1.165, 1.54) is 4.88 Å². The van der Waals surface area contributed by atoms with E-state index in [-0.39, 0.29) is 12.5 Å². The highest BCUT2D eigenvalue weighted by Gasteiger charge is 2.43. The van der Waals surface area contributed by atoms with Crippen LogP contribution in [0.1, 0.15) is 10.4 Å². The van der Waals surface area contributed by atoms with Crippen LogP contribution >= 0.6 is 11.3 Å². The molecule has 0 aliphatic carbocycles. The van der Waals surface area contributed by atoms with Crippen molar-refractivity contribution in [2.45, 2.75) is 12.1 Å². The van der Waals surface area contributed by atoms with Crippen molar-refractivity contribution in [3.8, 4) is 6.07 Å². The van der Waals surface area contributed by atoms with Crippen molar-refractivity contribution in [2.24, 2.45) is 0 Å². The molecule has 1 unspecified atom stereocenters. The highest BCUT2D eigenvalue weighted by Crippen LogP contribution is 2.28. The van der Waals surface area contributed by atoms with Crippen molar-refractivity contribution in [1.29, 1.82) is 5.26 Å². The van der Waals surface area contributed by atoms with Crippen molar-refractivity contribution >= 4 is 22.9 Å². The van der Waals surface area contributed by atoms with Gasteiger partial charge in [0.15, 0.2) is 0 Å². The average Bonchev–Trinajstić information content (AvgIpc) is 3.12. The zero-order valence-electron chi connectivity index (χ0n) is 15.0. The molecule has 6 nitrogen and oxygen atoms in total. The molecule has 2 fully saturated rings. The summed E-state index contributed by atoms with van der Waals surface area (Å²) in [7, 11) is 0. The van der Waals surface area contributed by atoms with Gasteiger partial charge in [-0.3, -0.25) is 9.69 Å². The minimum Gasteiger partial charge on any atom is -0.377 e. The van der Waals surface area contributed by atoms with Crippen LogP contribution in [-0.2, 0) is 20.8 Å². The molecule has 0 radical (unpaired) electrons. The fraction of sp³-hybridized carbons (Fsp3) is 0.400. The second-order valence-corrected chi connectivity index (χ2v) is 7.99. The Balaban J connectivity index is 1.53. The molecule has 2 saturated heterocycles. The van der Waals surface area contributed by atoms with Gasteiger partial charge in [0.05, 0.1) is 31.4 Å². The number of morpholine rings is 1. The van der Waals surface area contributed by atoms with Gasteiger partial charge < -0.3 is 14.4 Å². The zero-order valence-corrected chi connectivity index (χ0v) is 15.8. The molecule has 2 aliphatic rings. The SMILES string of the molecule is N#Cc1ccc(N2CC3(COCCN(Cc4cccs4)C3)OCC2=O)cc1. The normalized spacial score (nSPS) is 24.0. The van der Waals surface area contributed by atoms with Crippen LogP contribution in [-0.4, -0.2) is 55.9 Å². The summed E-state index contributed by atoms with van der Waals surface area (Å²) in [5.74, 6) is -0.0700. The fourth-order valence-corrected chi connectivity index (χ4v) is 4.34. The Morgan fingerprint density at radius 2 is 2.07 bits per heavy atom. The fourth-order valence-electron chi connectivity index (χ4n) is 3.59. The van der Waals surface area contributed by atoms with Gasteiger partial charge in [-0.05, 0) is 35.7 Å². The van der Waals surface area contributed by atoms with E-state index in [4.69, 9.17) is 14.7 Å². The molecular weight excluding hydrogens is 362 g/mol. The van der Waals surface area contributed by atoms with Crippen molar-refractivity contribution in [3.05, 3.63) is 52.2 Å². The van der Waals surface area contributed by atoms with E-state index in [0.29, 0.717) is 31.9 Å². The maximum absolute atomic E-state index is 12.5. The third kappa shape index (κ3) is 4.04. The number of anilines is 1. The highest BCUT2D eigenvalue weighted by molar-refractivity contribution is 7.09. The second kappa shape index (κ2) is 7.79. The molecular formula is C20H21N3O3S. The first kappa shape index (κ1) is 18.1. The summed E-state index contributed by atoms with van der Waals surface area (Å²) < 4.78 is 11.9. The monoisotopic (exact) mass is 383 g/mol. The first-order valence-corrected chi connectivity index (χ1v) is 9.82. The van der Waals surface area contributed by atoms with Crippen molar-refractivity contribution < 1.29 is 14.3 Å². The molecule has 0 N–H and O–H groups in total. The third-order valence-electron chi connectivity index (χ3n) is 4.95. The number of nitrogens with zero attached hydrogens (tertiary/aromatic N) is 3. The largest absolute Gasteiger partial charge is 0.377 e. The minimum atomic E-state index is -0.546. The van der Waals surface area contributed by atoms with E-state index >= 15 is 0 Å². The zero-order chi connectivity index (χ0) is 18.7. The summed E-state index contributed by atoms with van der Waals surface area (Å²) in [6.45, 7) is 4.01. The number of rotatable bonds is 3. The summed E-state index contributed by atoms with van der Waals surface area (Å²) in [4.78, 5) is 17.9. The standard InChI is InChI=1S/C20H21N3O3S/c21-10-16-3-5-17(6-4-16)23-14-20(26-12-19(23)24)13-22(7-8-25-15-20)11-18-2-1-9-27-18/h1-6,9H,7-8,11-15H2. The van der Waals surface area contributed by atoms with Crippen molar-refractivity contribution in [1.82, 2.24) is 4.90 Å². The predicted molar refractivity (Wildman–Crippen MR) is 103 cm³/mol. The van der Waals surface area contributed by atoms with E-state index in [1.54, 1.807) is 28.4 Å². The number of benzene rings is 1. The van der Waals surface area contributed by atoms with Crippen LogP contribution in [0, 0.1) is 11.3 Å². The first-order chi connectivity index (χ1) is 13.2. The Labute approximate surface area is 162 Å². The van der Waals surface area contributed by atoms with Crippen LogP contribution < -0.4 is 4.90 Å². The summed E-state index contributed by atoms with van der Waals surface area (Å²) in [6.07, 6.45) is 0. The molecule has 1 aromatic carbocycles. The van der Waals surface area contributed by atoms with Gasteiger partial charge in [0.1, 0.15) is 12.2 Å². The molecule has 4 rings (SSSR count). The van der Waals surface area contributed by atoms with Crippen LogP contribution in [0.3, 0.4) is 0 Å². The third-order valence-corrected chi connectivity index (χ3v) is 5.81. The van der Waals surface area contributed by atoms with Gasteiger partial charge in [-0.15, -0.1) is 11.3 Å². The van der Waals surface area contributed by atoms with Crippen LogP contribution in [0.25, 0.3) is 0 Å². The Bertz CT molecular complexity index is 831. The van der Waals surface area contributed by atoms with Gasteiger partial charge in [-0.25, -0.2) is 0 Å². The number of thiophene rings is 1. The molecule has 1 amide bonds. The Kier molecular flexibility index (Phi) is 5.23. The molecule has 2 aromatic rings. The number of nitriles is 1. The van der Waals surface area contributed by atoms with E-state index in [0.717, 1.165) is 18.8 Å². The molecule has 0 bridgehead atoms. The number of hydrogen-bond donors (Lipinski definition) is 0. The van der Waals surface area contributed by atoms with E-state index in [9.17, 15) is 4.79 Å². The lowest BCUT2D eigenvalue weighted by atomic mass is 10.0. The Hall–Kier alpha value is -2.24. The number of carbonyl (C=O) groups excluding carboxylic acids is 1. The Morgan fingerprint density at radius 1 is 1.22 bits per heavy atom. The first-order valence-electron chi connectivity index (χ1n) is 8.94. The van der Waals surface area contributed by atoms with Gasteiger partial charge in [-0.2, -0.15) is 5.26 Å². The van der Waals surface area contributed by atoms with Crippen LogP contribution in [0.5, 0.6) is 0 Å². The lowest BCUT2D eigenvalue weighted by Crippen LogP contribution is -2.60. The number of carbonyl (C=O) groups is 1. The van der Waals surface area contributed by atoms with Gasteiger partial charge in [0.25, 0.3) is 5.91 Å². The average molecular weight is 383 g/mol. The summed E-state index contributed by atoms with van der Waals surface area (Å²) in [5.41, 5.74) is 0.820. The smallest absolute Gasteiger partial charge is 0.253 e. The van der Waals surface area contributed by atoms with Gasteiger partial charge in [0.2, 0.25) is 0 Å². The molecule has 140 valence electrons. The maximum Gasteiger partial charge on any atom is 0.253 e. The molecule has 1 atom stereocenters. The lowest BCUT2D eigenvalue weighted by molar-refractivity contribution is -0.146. The molecule has 0 saturated carbocycles. The van der Waals surface area contributed by atoms with Gasteiger partial charge >= 0.3 is 0 Å². The van der Waals surface area contributed by atoms with Crippen LogP contribution in [0.4, 0.5) is 5.69 Å². The molecule has 2 aliphatic heterocycles. The minimum absolute atomic E-state index is 0.0379. The topological polar surface area (TPSA) is 65.8 Å². The molecule has 7 heteroatoms. The van der Waals surface area contributed by atoms with E-state index in [1.807, 2.05) is 12.1 Å². The summed E-state index contributed by atoms with van der Waals surface area (Å²) in [6, 6.07) is 13.4. The van der Waals surface area contributed by atoms with E-state index < -0.39 is 5.60 Å². The van der Waals surface area contributed by atoms with Crippen molar-refractivity contribution in [2.75, 3.05) is 44.4 Å². The number of hydrogen-bond acceptors (Lipinski definition) is 6.